The van der Waals surface area contributed by atoms with Gasteiger partial charge in [-0.25, -0.2) is 0 Å². The maximum atomic E-state index is 3.42. The van der Waals surface area contributed by atoms with Crippen molar-refractivity contribution >= 4 is 0 Å². The van der Waals surface area contributed by atoms with E-state index in [9.17, 15) is 0 Å². The summed E-state index contributed by atoms with van der Waals surface area (Å²) < 4.78 is 0. The maximum absolute atomic E-state index is 3.42. The highest BCUT2D eigenvalue weighted by Crippen LogP contribution is 2.52. The van der Waals surface area contributed by atoms with Crippen LogP contribution in [-0.4, -0.2) is 13.1 Å². The Balaban J connectivity index is 1.66. The topological polar surface area (TPSA) is 12.0 Å². The summed E-state index contributed by atoms with van der Waals surface area (Å²) in [6.45, 7) is 2.66. The Labute approximate surface area is 68.6 Å². The average molecular weight is 151 g/mol. The minimum atomic E-state index is 0.799. The Kier molecular flexibility index (Phi) is 1.18. The van der Waals surface area contributed by atoms with Gasteiger partial charge in [-0.15, -0.1) is 0 Å². The Morgan fingerprint density at radius 2 is 1.82 bits per heavy atom. The second kappa shape index (κ2) is 2.01. The van der Waals surface area contributed by atoms with Gasteiger partial charge in [0.05, 0.1) is 0 Å². The van der Waals surface area contributed by atoms with Crippen LogP contribution in [0.2, 0.25) is 0 Å². The van der Waals surface area contributed by atoms with E-state index >= 15 is 0 Å². The van der Waals surface area contributed by atoms with Crippen molar-refractivity contribution in [1.82, 2.24) is 5.32 Å². The van der Waals surface area contributed by atoms with Crippen molar-refractivity contribution in [3.63, 3.8) is 0 Å². The van der Waals surface area contributed by atoms with Gasteiger partial charge >= 0.3 is 0 Å². The van der Waals surface area contributed by atoms with Gasteiger partial charge in [-0.2, -0.15) is 0 Å². The van der Waals surface area contributed by atoms with Gasteiger partial charge in [0.25, 0.3) is 0 Å². The minimum absolute atomic E-state index is 0.799. The van der Waals surface area contributed by atoms with Crippen LogP contribution in [-0.2, 0) is 0 Å². The first kappa shape index (κ1) is 6.47. The van der Waals surface area contributed by atoms with Crippen molar-refractivity contribution < 1.29 is 0 Å². The lowest BCUT2D eigenvalue weighted by molar-refractivity contribution is 0.167. The number of rotatable bonds is 1. The molecular formula is C10H17N. The van der Waals surface area contributed by atoms with Gasteiger partial charge < -0.3 is 5.32 Å². The highest BCUT2D eigenvalue weighted by molar-refractivity contribution is 5.01. The third-order valence-electron chi connectivity index (χ3n) is 4.03. The maximum Gasteiger partial charge on any atom is 0.00203 e. The number of hydrogen-bond acceptors (Lipinski definition) is 1. The molecule has 11 heavy (non-hydrogen) atoms. The summed E-state index contributed by atoms with van der Waals surface area (Å²) in [6, 6.07) is 0. The van der Waals surface area contributed by atoms with Crippen molar-refractivity contribution in [1.29, 1.82) is 0 Å². The fraction of sp³-hybridized carbons (Fsp3) is 1.00. The molecule has 0 aromatic heterocycles. The van der Waals surface area contributed by atoms with Crippen LogP contribution in [0, 0.1) is 17.3 Å². The van der Waals surface area contributed by atoms with Crippen LogP contribution >= 0.6 is 0 Å². The van der Waals surface area contributed by atoms with E-state index in [0.717, 1.165) is 17.3 Å². The fourth-order valence-corrected chi connectivity index (χ4v) is 3.02. The van der Waals surface area contributed by atoms with Crippen molar-refractivity contribution in [3.05, 3.63) is 0 Å². The first-order valence-electron chi connectivity index (χ1n) is 5.09. The molecule has 1 unspecified atom stereocenters. The zero-order valence-electron chi connectivity index (χ0n) is 7.10. The van der Waals surface area contributed by atoms with E-state index in [2.05, 4.69) is 5.32 Å². The quantitative estimate of drug-likeness (QED) is 0.602. The van der Waals surface area contributed by atoms with Gasteiger partial charge in [-0.05, 0) is 49.4 Å². The third kappa shape index (κ3) is 0.936. The van der Waals surface area contributed by atoms with Gasteiger partial charge in [-0.3, -0.25) is 0 Å². The Hall–Kier alpha value is -0.0400. The summed E-state index contributed by atoms with van der Waals surface area (Å²) in [5.41, 5.74) is 0.799. The van der Waals surface area contributed by atoms with Crippen LogP contribution in [0.3, 0.4) is 0 Å². The SMILES string of the molecule is C1CC1C1CCC2(CNC2)C1. The summed E-state index contributed by atoms with van der Waals surface area (Å²) >= 11 is 0. The number of nitrogens with one attached hydrogen (secondary N) is 1. The zero-order chi connectivity index (χ0) is 7.31. The second-order valence-electron chi connectivity index (χ2n) is 4.94. The Morgan fingerprint density at radius 3 is 2.27 bits per heavy atom. The molecule has 1 heterocycles. The molecule has 1 spiro atoms. The van der Waals surface area contributed by atoms with E-state index in [1.54, 1.807) is 25.7 Å². The molecule has 2 saturated carbocycles. The van der Waals surface area contributed by atoms with Crippen LogP contribution < -0.4 is 5.32 Å². The molecule has 1 aliphatic heterocycles. The Morgan fingerprint density at radius 1 is 1.00 bits per heavy atom. The lowest BCUT2D eigenvalue weighted by Gasteiger charge is -2.39. The van der Waals surface area contributed by atoms with Crippen molar-refractivity contribution in [2.45, 2.75) is 32.1 Å². The highest BCUT2D eigenvalue weighted by atomic mass is 15.0. The van der Waals surface area contributed by atoms with Gasteiger partial charge in [0, 0.05) is 13.1 Å². The molecule has 1 saturated heterocycles. The molecule has 0 aromatic carbocycles. The van der Waals surface area contributed by atoms with Crippen LogP contribution in [0.5, 0.6) is 0 Å². The predicted octanol–water partition coefficient (Wildman–Crippen LogP) is 1.79. The Bertz CT molecular complexity index is 168. The molecule has 1 nitrogen and oxygen atoms in total. The largest absolute Gasteiger partial charge is 0.316 e. The van der Waals surface area contributed by atoms with Crippen molar-refractivity contribution in [2.75, 3.05) is 13.1 Å². The second-order valence-corrected chi connectivity index (χ2v) is 4.94. The van der Waals surface area contributed by atoms with E-state index in [4.69, 9.17) is 0 Å². The molecule has 3 fully saturated rings. The molecule has 2 aliphatic carbocycles. The summed E-state index contributed by atoms with van der Waals surface area (Å²) in [4.78, 5) is 0. The highest BCUT2D eigenvalue weighted by Gasteiger charge is 2.47. The summed E-state index contributed by atoms with van der Waals surface area (Å²) in [7, 11) is 0. The van der Waals surface area contributed by atoms with Crippen molar-refractivity contribution in [2.24, 2.45) is 17.3 Å². The normalized spacial score (nSPS) is 40.9. The van der Waals surface area contributed by atoms with E-state index < -0.39 is 0 Å². The van der Waals surface area contributed by atoms with Crippen molar-refractivity contribution in [3.8, 4) is 0 Å². The van der Waals surface area contributed by atoms with E-state index in [1.807, 2.05) is 0 Å². The summed E-state index contributed by atoms with van der Waals surface area (Å²) in [5, 5.41) is 3.42. The third-order valence-corrected chi connectivity index (χ3v) is 4.03. The van der Waals surface area contributed by atoms with Crippen LogP contribution in [0.1, 0.15) is 32.1 Å². The van der Waals surface area contributed by atoms with Gasteiger partial charge in [0.1, 0.15) is 0 Å². The molecule has 0 amide bonds. The van der Waals surface area contributed by atoms with Crippen LogP contribution in [0.4, 0.5) is 0 Å². The standard InChI is InChI=1S/C10H17N/c1-2-8(1)9-3-4-10(5-9)6-11-7-10/h8-9,11H,1-7H2. The molecule has 1 N–H and O–H groups in total. The predicted molar refractivity (Wildman–Crippen MR) is 45.4 cm³/mol. The fourth-order valence-electron chi connectivity index (χ4n) is 3.02. The molecule has 0 bridgehead atoms. The molecular weight excluding hydrogens is 134 g/mol. The summed E-state index contributed by atoms with van der Waals surface area (Å²) in [6.07, 6.45) is 7.74. The van der Waals surface area contributed by atoms with Crippen LogP contribution in [0.15, 0.2) is 0 Å². The first-order valence-corrected chi connectivity index (χ1v) is 5.09. The van der Waals surface area contributed by atoms with E-state index in [-0.39, 0.29) is 0 Å². The molecule has 1 atom stereocenters. The summed E-state index contributed by atoms with van der Waals surface area (Å²) in [5.74, 6) is 2.30. The van der Waals surface area contributed by atoms with E-state index in [1.165, 1.54) is 19.5 Å². The van der Waals surface area contributed by atoms with Gasteiger partial charge in [0.15, 0.2) is 0 Å². The lowest BCUT2D eigenvalue weighted by atomic mass is 9.79. The minimum Gasteiger partial charge on any atom is -0.316 e. The molecule has 0 radical (unpaired) electrons. The monoisotopic (exact) mass is 151 g/mol. The smallest absolute Gasteiger partial charge is 0.00203 e. The van der Waals surface area contributed by atoms with E-state index in [0.29, 0.717) is 0 Å². The molecule has 3 aliphatic rings. The molecule has 3 rings (SSSR count). The van der Waals surface area contributed by atoms with Gasteiger partial charge in [-0.1, -0.05) is 0 Å². The average Bonchev–Trinajstić information content (AvgIpc) is 2.67. The first-order chi connectivity index (χ1) is 5.38. The molecule has 62 valence electrons. The number of hydrogen-bond donors (Lipinski definition) is 1. The van der Waals surface area contributed by atoms with Gasteiger partial charge in [0.2, 0.25) is 0 Å². The lowest BCUT2D eigenvalue weighted by Crippen LogP contribution is -2.51. The zero-order valence-corrected chi connectivity index (χ0v) is 7.10. The molecule has 0 aromatic rings. The molecule has 1 heteroatoms. The van der Waals surface area contributed by atoms with Crippen LogP contribution in [0.25, 0.3) is 0 Å².